The van der Waals surface area contributed by atoms with Crippen LogP contribution in [0.2, 0.25) is 0 Å². The van der Waals surface area contributed by atoms with E-state index >= 15 is 0 Å². The molecule has 1 aliphatic rings. The zero-order valence-corrected chi connectivity index (χ0v) is 14.3. The minimum absolute atomic E-state index is 0.0246. The van der Waals surface area contributed by atoms with Crippen LogP contribution in [0.5, 0.6) is 0 Å². The molecule has 0 aliphatic carbocycles. The lowest BCUT2D eigenvalue weighted by molar-refractivity contribution is -0.137. The number of nitrogens with zero attached hydrogens (tertiary/aromatic N) is 1. The molecule has 1 N–H and O–H groups in total. The van der Waals surface area contributed by atoms with Crippen LogP contribution < -0.4 is 5.32 Å². The van der Waals surface area contributed by atoms with Gasteiger partial charge in [0.25, 0.3) is 0 Å². The number of nitrogens with one attached hydrogen (secondary N) is 1. The first kappa shape index (κ1) is 18.0. The predicted molar refractivity (Wildman–Crippen MR) is 93.5 cm³/mol. The van der Waals surface area contributed by atoms with Crippen LogP contribution in [-0.2, 0) is 6.18 Å². The van der Waals surface area contributed by atoms with Crippen molar-refractivity contribution in [2.75, 3.05) is 26.2 Å². The van der Waals surface area contributed by atoms with Crippen molar-refractivity contribution in [1.82, 2.24) is 10.2 Å². The highest BCUT2D eigenvalue weighted by atomic mass is 19.4. The number of benzene rings is 2. The first-order chi connectivity index (χ1) is 12.0. The van der Waals surface area contributed by atoms with E-state index in [0.717, 1.165) is 49.3 Å². The Balaban J connectivity index is 2.00. The molecule has 0 radical (unpaired) electrons. The Morgan fingerprint density at radius 1 is 0.960 bits per heavy atom. The molecule has 3 rings (SSSR count). The zero-order valence-electron chi connectivity index (χ0n) is 14.3. The van der Waals surface area contributed by atoms with Gasteiger partial charge in [0, 0.05) is 19.6 Å². The van der Waals surface area contributed by atoms with E-state index in [9.17, 15) is 13.2 Å². The van der Waals surface area contributed by atoms with Crippen molar-refractivity contribution in [3.63, 3.8) is 0 Å². The van der Waals surface area contributed by atoms with Crippen molar-refractivity contribution in [2.45, 2.75) is 25.6 Å². The molecule has 1 heterocycles. The molecule has 0 amide bonds. The third-order valence-corrected chi connectivity index (χ3v) is 4.78. The molecule has 0 bridgehead atoms. The second kappa shape index (κ2) is 7.58. The minimum atomic E-state index is -4.30. The third-order valence-electron chi connectivity index (χ3n) is 4.78. The van der Waals surface area contributed by atoms with Crippen LogP contribution in [0.4, 0.5) is 13.2 Å². The van der Waals surface area contributed by atoms with Gasteiger partial charge in [0.05, 0.1) is 11.6 Å². The summed E-state index contributed by atoms with van der Waals surface area (Å²) in [6.45, 7) is 5.72. The second-order valence-corrected chi connectivity index (χ2v) is 6.52. The van der Waals surface area contributed by atoms with Crippen molar-refractivity contribution in [3.05, 3.63) is 70.8 Å². The zero-order chi connectivity index (χ0) is 17.9. The van der Waals surface area contributed by atoms with Crippen molar-refractivity contribution < 1.29 is 13.2 Å². The van der Waals surface area contributed by atoms with Crippen LogP contribution in [0.1, 0.15) is 34.7 Å². The Hall–Kier alpha value is -1.85. The molecule has 0 spiro atoms. The summed E-state index contributed by atoms with van der Waals surface area (Å²) < 4.78 is 38.7. The summed E-state index contributed by atoms with van der Waals surface area (Å²) in [4.78, 5) is 2.37. The van der Waals surface area contributed by atoms with Gasteiger partial charge in [-0.05, 0) is 48.7 Å². The second-order valence-electron chi connectivity index (χ2n) is 6.52. The largest absolute Gasteiger partial charge is 0.416 e. The summed E-state index contributed by atoms with van der Waals surface area (Å²) in [7, 11) is 0. The summed E-state index contributed by atoms with van der Waals surface area (Å²) in [6.07, 6.45) is -3.27. The third kappa shape index (κ3) is 4.22. The van der Waals surface area contributed by atoms with Gasteiger partial charge in [0.2, 0.25) is 0 Å². The van der Waals surface area contributed by atoms with Crippen LogP contribution in [-0.4, -0.2) is 31.1 Å². The lowest BCUT2D eigenvalue weighted by Gasteiger charge is -2.32. The predicted octanol–water partition coefficient (Wildman–Crippen LogP) is 4.40. The van der Waals surface area contributed by atoms with Gasteiger partial charge in [-0.15, -0.1) is 0 Å². The van der Waals surface area contributed by atoms with E-state index in [1.54, 1.807) is 12.1 Å². The van der Waals surface area contributed by atoms with Crippen LogP contribution >= 0.6 is 0 Å². The summed E-state index contributed by atoms with van der Waals surface area (Å²) in [6, 6.07) is 13.7. The van der Waals surface area contributed by atoms with Gasteiger partial charge < -0.3 is 5.32 Å². The molecule has 2 aromatic rings. The van der Waals surface area contributed by atoms with E-state index < -0.39 is 11.7 Å². The molecule has 0 saturated carbocycles. The summed E-state index contributed by atoms with van der Waals surface area (Å²) >= 11 is 0. The fraction of sp³-hybridized carbons (Fsp3) is 0.400. The average molecular weight is 348 g/mol. The van der Waals surface area contributed by atoms with Gasteiger partial charge >= 0.3 is 6.18 Å². The van der Waals surface area contributed by atoms with Gasteiger partial charge in [-0.2, -0.15) is 13.2 Å². The van der Waals surface area contributed by atoms with Gasteiger partial charge in [-0.1, -0.05) is 36.4 Å². The van der Waals surface area contributed by atoms with E-state index in [1.807, 2.05) is 12.1 Å². The van der Waals surface area contributed by atoms with Gasteiger partial charge in [-0.25, -0.2) is 0 Å². The smallest absolute Gasteiger partial charge is 0.315 e. The maximum absolute atomic E-state index is 12.9. The highest BCUT2D eigenvalue weighted by Gasteiger charge is 2.31. The minimum Gasteiger partial charge on any atom is -0.315 e. The molecule has 1 saturated heterocycles. The molecule has 1 unspecified atom stereocenters. The monoisotopic (exact) mass is 348 g/mol. The lowest BCUT2D eigenvalue weighted by Crippen LogP contribution is -2.33. The Labute approximate surface area is 146 Å². The molecule has 5 heteroatoms. The maximum Gasteiger partial charge on any atom is 0.416 e. The number of alkyl halides is 3. The van der Waals surface area contributed by atoms with Crippen LogP contribution in [0.15, 0.2) is 48.5 Å². The van der Waals surface area contributed by atoms with Crippen LogP contribution in [0.3, 0.4) is 0 Å². The molecular weight excluding hydrogens is 325 g/mol. The van der Waals surface area contributed by atoms with Gasteiger partial charge in [0.1, 0.15) is 0 Å². The molecule has 1 atom stereocenters. The molecule has 0 aromatic heterocycles. The van der Waals surface area contributed by atoms with Crippen LogP contribution in [0.25, 0.3) is 0 Å². The van der Waals surface area contributed by atoms with Crippen molar-refractivity contribution in [1.29, 1.82) is 0 Å². The van der Waals surface area contributed by atoms with Gasteiger partial charge in [-0.3, -0.25) is 4.90 Å². The Morgan fingerprint density at radius 2 is 1.68 bits per heavy atom. The molecule has 2 nitrogen and oxygen atoms in total. The normalized spacial score (nSPS) is 17.9. The molecular formula is C20H23F3N2. The number of hydrogen-bond donors (Lipinski definition) is 1. The van der Waals surface area contributed by atoms with E-state index in [-0.39, 0.29) is 6.04 Å². The highest BCUT2D eigenvalue weighted by Crippen LogP contribution is 2.34. The topological polar surface area (TPSA) is 15.3 Å². The Kier molecular flexibility index (Phi) is 5.45. The first-order valence-corrected chi connectivity index (χ1v) is 8.64. The van der Waals surface area contributed by atoms with Crippen molar-refractivity contribution >= 4 is 0 Å². The highest BCUT2D eigenvalue weighted by molar-refractivity contribution is 5.38. The molecule has 1 aliphatic heterocycles. The fourth-order valence-electron chi connectivity index (χ4n) is 3.46. The number of halogens is 3. The Bertz CT molecular complexity index is 687. The maximum atomic E-state index is 12.9. The van der Waals surface area contributed by atoms with Crippen LogP contribution in [0, 0.1) is 6.92 Å². The lowest BCUT2D eigenvalue weighted by atomic mass is 9.92. The Morgan fingerprint density at radius 3 is 2.36 bits per heavy atom. The van der Waals surface area contributed by atoms with Gasteiger partial charge in [0.15, 0.2) is 0 Å². The van der Waals surface area contributed by atoms with Crippen molar-refractivity contribution in [2.24, 2.45) is 0 Å². The van der Waals surface area contributed by atoms with E-state index in [1.165, 1.54) is 12.1 Å². The summed E-state index contributed by atoms with van der Waals surface area (Å²) in [5.74, 6) is 0. The first-order valence-electron chi connectivity index (χ1n) is 8.64. The van der Waals surface area contributed by atoms with E-state index in [0.29, 0.717) is 0 Å². The molecule has 134 valence electrons. The summed E-state index contributed by atoms with van der Waals surface area (Å²) in [5.41, 5.74) is 2.62. The number of rotatable bonds is 3. The van der Waals surface area contributed by atoms with E-state index in [4.69, 9.17) is 0 Å². The molecule has 1 fully saturated rings. The SMILES string of the molecule is Cc1ccccc1C(c1ccc(C(F)(F)F)cc1)N1CCCNCC1. The quantitative estimate of drug-likeness (QED) is 0.884. The average Bonchev–Trinajstić information content (AvgIpc) is 2.86. The standard InChI is InChI=1S/C20H23F3N2/c1-15-5-2-3-6-18(15)19(25-13-4-11-24-12-14-25)16-7-9-17(10-8-16)20(21,22)23/h2-3,5-10,19,24H,4,11-14H2,1H3. The van der Waals surface area contributed by atoms with Crippen molar-refractivity contribution in [3.8, 4) is 0 Å². The molecule has 25 heavy (non-hydrogen) atoms. The number of hydrogen-bond acceptors (Lipinski definition) is 2. The fourth-order valence-corrected chi connectivity index (χ4v) is 3.46. The number of aryl methyl sites for hydroxylation is 1. The van der Waals surface area contributed by atoms with E-state index in [2.05, 4.69) is 29.3 Å². The summed E-state index contributed by atoms with van der Waals surface area (Å²) in [5, 5.41) is 3.39. The molecule has 2 aromatic carbocycles.